The van der Waals surface area contributed by atoms with Crippen molar-refractivity contribution in [2.45, 2.75) is 0 Å². The van der Waals surface area contributed by atoms with Gasteiger partial charge < -0.3 is 9.84 Å². The number of thioether (sulfide) groups is 6. The average Bonchev–Trinajstić information content (AvgIpc) is 2.52. The minimum atomic E-state index is -0.173. The summed E-state index contributed by atoms with van der Waals surface area (Å²) in [5.74, 6) is 1.62. The number of aliphatic hydroxyl groups excluding tert-OH is 1. The maximum absolute atomic E-state index is 11.4. The van der Waals surface area contributed by atoms with Crippen molar-refractivity contribution >= 4 is 76.5 Å². The second-order valence-corrected chi connectivity index (χ2v) is 10.7. The Labute approximate surface area is 157 Å². The molecule has 0 aliphatic heterocycles. The van der Waals surface area contributed by atoms with Gasteiger partial charge in [0, 0.05) is 26.1 Å². The van der Waals surface area contributed by atoms with E-state index in [-0.39, 0.29) is 11.9 Å². The first kappa shape index (κ1) is 23.4. The van der Waals surface area contributed by atoms with Crippen LogP contribution in [0.4, 0.5) is 0 Å². The first-order chi connectivity index (χ1) is 10.8. The molecule has 0 spiro atoms. The molecule has 0 saturated heterocycles. The van der Waals surface area contributed by atoms with Gasteiger partial charge in [-0.15, -0.1) is 70.6 Å². The highest BCUT2D eigenvalue weighted by molar-refractivity contribution is 8.26. The molecule has 5 nitrogen and oxygen atoms in total. The third kappa shape index (κ3) is 19.5. The van der Waals surface area contributed by atoms with Crippen LogP contribution in [0.2, 0.25) is 0 Å². The van der Waals surface area contributed by atoms with Crippen molar-refractivity contribution in [1.82, 2.24) is 0 Å². The van der Waals surface area contributed by atoms with Crippen LogP contribution in [-0.2, 0) is 19.3 Å². The van der Waals surface area contributed by atoms with Crippen LogP contribution in [0.1, 0.15) is 0 Å². The van der Waals surface area contributed by atoms with E-state index >= 15 is 0 Å². The van der Waals surface area contributed by atoms with Crippen LogP contribution in [0.5, 0.6) is 0 Å². The van der Waals surface area contributed by atoms with Crippen LogP contribution in [0.3, 0.4) is 0 Å². The van der Waals surface area contributed by atoms with E-state index in [1.165, 1.54) is 30.6 Å². The molecule has 0 aromatic rings. The van der Waals surface area contributed by atoms with E-state index in [1.54, 1.807) is 11.8 Å². The predicted octanol–water partition coefficient (Wildman–Crippen LogP) is 3.24. The summed E-state index contributed by atoms with van der Waals surface area (Å²) in [6.07, 6.45) is 0. The van der Waals surface area contributed by atoms with E-state index in [0.717, 1.165) is 26.1 Å². The van der Waals surface area contributed by atoms with Crippen molar-refractivity contribution in [2.75, 3.05) is 57.4 Å². The molecule has 132 valence electrons. The highest BCUT2D eigenvalue weighted by Gasteiger charge is 2.03. The van der Waals surface area contributed by atoms with E-state index in [1.807, 2.05) is 35.3 Å². The minimum Gasteiger partial charge on any atom is -0.454 e. The molecule has 0 amide bonds. The lowest BCUT2D eigenvalue weighted by atomic mass is 10.8. The molecule has 0 aliphatic rings. The third-order valence-electron chi connectivity index (χ3n) is 1.71. The average molecular weight is 427 g/mol. The largest absolute Gasteiger partial charge is 0.454 e. The lowest BCUT2D eigenvalue weighted by Gasteiger charge is -2.04. The van der Waals surface area contributed by atoms with Crippen molar-refractivity contribution in [3.8, 4) is 0 Å². The standard InChI is InChI=1S/C11H22O5S6/c1-14-16-2-3-17-7-21-10-22-8-18-4-11(13)15-6-20-9-19-5-12/h12H,2-10H2,1H3. The van der Waals surface area contributed by atoms with E-state index in [9.17, 15) is 4.79 Å². The molecule has 1 N–H and O–H groups in total. The summed E-state index contributed by atoms with van der Waals surface area (Å²) in [6.45, 7) is 0.615. The summed E-state index contributed by atoms with van der Waals surface area (Å²) >= 11 is 9.97. The number of hydrogen-bond acceptors (Lipinski definition) is 11. The molecule has 0 aromatic carbocycles. The van der Waals surface area contributed by atoms with Crippen LogP contribution >= 0.6 is 70.6 Å². The summed E-state index contributed by atoms with van der Waals surface area (Å²) in [5.41, 5.74) is 0. The van der Waals surface area contributed by atoms with Crippen molar-refractivity contribution in [2.24, 2.45) is 0 Å². The molecule has 0 radical (unpaired) electrons. The number of carbonyl (C=O) groups is 1. The predicted molar refractivity (Wildman–Crippen MR) is 106 cm³/mol. The summed E-state index contributed by atoms with van der Waals surface area (Å²) in [4.78, 5) is 20.6. The van der Waals surface area contributed by atoms with Crippen LogP contribution in [0.15, 0.2) is 0 Å². The number of carbonyl (C=O) groups excluding carboxylic acids is 1. The van der Waals surface area contributed by atoms with Crippen molar-refractivity contribution in [3.63, 3.8) is 0 Å². The van der Waals surface area contributed by atoms with Crippen LogP contribution in [-0.4, -0.2) is 68.5 Å². The van der Waals surface area contributed by atoms with E-state index in [2.05, 4.69) is 4.89 Å². The number of hydrogen-bond donors (Lipinski definition) is 1. The van der Waals surface area contributed by atoms with E-state index in [0.29, 0.717) is 18.3 Å². The van der Waals surface area contributed by atoms with E-state index in [4.69, 9.17) is 14.7 Å². The molecule has 0 rings (SSSR count). The molecule has 0 atom stereocenters. The molecule has 11 heteroatoms. The Hall–Kier alpha value is 1.45. The van der Waals surface area contributed by atoms with Crippen LogP contribution < -0.4 is 0 Å². The number of esters is 1. The Morgan fingerprint density at radius 1 is 0.955 bits per heavy atom. The van der Waals surface area contributed by atoms with Crippen molar-refractivity contribution in [3.05, 3.63) is 0 Å². The van der Waals surface area contributed by atoms with Gasteiger partial charge >= 0.3 is 5.97 Å². The summed E-state index contributed by atoms with van der Waals surface area (Å²) < 4.78 is 5.05. The van der Waals surface area contributed by atoms with Gasteiger partial charge in [-0.1, -0.05) is 0 Å². The van der Waals surface area contributed by atoms with Crippen molar-refractivity contribution in [1.29, 1.82) is 0 Å². The van der Waals surface area contributed by atoms with E-state index < -0.39 is 0 Å². The fraction of sp³-hybridized carbons (Fsp3) is 0.909. The monoisotopic (exact) mass is 426 g/mol. The smallest absolute Gasteiger partial charge is 0.316 e. The second-order valence-electron chi connectivity index (χ2n) is 3.30. The molecule has 0 unspecified atom stereocenters. The van der Waals surface area contributed by atoms with Gasteiger partial charge in [0.25, 0.3) is 0 Å². The number of ether oxygens (including phenoxy) is 1. The first-order valence-corrected chi connectivity index (χ1v) is 13.1. The lowest BCUT2D eigenvalue weighted by Crippen LogP contribution is -2.07. The fourth-order valence-corrected chi connectivity index (χ4v) is 6.56. The quantitative estimate of drug-likeness (QED) is 0.123. The summed E-state index contributed by atoms with van der Waals surface area (Å²) in [7, 11) is 1.51. The highest BCUT2D eigenvalue weighted by Crippen LogP contribution is 2.21. The molecular formula is C11H22O5S6. The lowest BCUT2D eigenvalue weighted by molar-refractivity contribution is -0.267. The molecule has 0 aliphatic carbocycles. The zero-order chi connectivity index (χ0) is 16.3. The van der Waals surface area contributed by atoms with Gasteiger partial charge in [-0.3, -0.25) is 4.79 Å². The molecule has 0 heterocycles. The Morgan fingerprint density at radius 2 is 1.64 bits per heavy atom. The van der Waals surface area contributed by atoms with Gasteiger partial charge in [0.15, 0.2) is 0 Å². The van der Waals surface area contributed by atoms with Crippen LogP contribution in [0.25, 0.3) is 0 Å². The minimum absolute atomic E-state index is 0.103. The maximum Gasteiger partial charge on any atom is 0.316 e. The van der Waals surface area contributed by atoms with Gasteiger partial charge in [-0.05, 0) is 0 Å². The Morgan fingerprint density at radius 3 is 2.36 bits per heavy atom. The Kier molecular flexibility index (Phi) is 21.8. The summed E-state index contributed by atoms with van der Waals surface area (Å²) in [5, 5.41) is 12.3. The van der Waals surface area contributed by atoms with Crippen molar-refractivity contribution < 1.29 is 24.4 Å². The zero-order valence-electron chi connectivity index (χ0n) is 12.4. The third-order valence-corrected chi connectivity index (χ3v) is 8.41. The molecule has 22 heavy (non-hydrogen) atoms. The fourth-order valence-electron chi connectivity index (χ4n) is 0.884. The SMILES string of the molecule is COOCCSCSCSCSCC(=O)OCSCSCO. The van der Waals surface area contributed by atoms with Gasteiger partial charge in [0.05, 0.1) is 25.4 Å². The molecular weight excluding hydrogens is 405 g/mol. The van der Waals surface area contributed by atoms with Gasteiger partial charge in [-0.2, -0.15) is 0 Å². The molecule has 0 bridgehead atoms. The topological polar surface area (TPSA) is 65.0 Å². The maximum atomic E-state index is 11.4. The molecule has 0 fully saturated rings. The van der Waals surface area contributed by atoms with Gasteiger partial charge in [-0.25, -0.2) is 9.78 Å². The molecule has 0 aromatic heterocycles. The summed E-state index contributed by atoms with van der Waals surface area (Å²) in [6, 6.07) is 0. The normalized spacial score (nSPS) is 10.8. The Bertz CT molecular complexity index is 249. The highest BCUT2D eigenvalue weighted by atomic mass is 32.2. The molecule has 0 saturated carbocycles. The number of rotatable bonds is 17. The Balaban J connectivity index is 3.10. The number of aliphatic hydroxyl groups is 1. The van der Waals surface area contributed by atoms with Gasteiger partial charge in [0.1, 0.15) is 5.94 Å². The van der Waals surface area contributed by atoms with Gasteiger partial charge in [0.2, 0.25) is 0 Å². The van der Waals surface area contributed by atoms with Crippen LogP contribution in [0, 0.1) is 0 Å². The first-order valence-electron chi connectivity index (χ1n) is 6.19. The zero-order valence-corrected chi connectivity index (χ0v) is 17.3. The second kappa shape index (κ2) is 20.5.